The summed E-state index contributed by atoms with van der Waals surface area (Å²) in [7, 11) is 1.63. The highest BCUT2D eigenvalue weighted by molar-refractivity contribution is 6.29. The van der Waals surface area contributed by atoms with Crippen LogP contribution in [0.2, 0.25) is 5.15 Å². The van der Waals surface area contributed by atoms with Crippen molar-refractivity contribution in [1.82, 2.24) is 9.97 Å². The molecule has 2 heterocycles. The van der Waals surface area contributed by atoms with Gasteiger partial charge in [-0.05, 0) is 32.3 Å². The molecule has 94 valence electrons. The standard InChI is InChI=1S/C12H17ClN2O2/c1-12(5-3-4-6-17-12)11-14-9(8-16-2)7-10(13)15-11/h7H,3-6,8H2,1-2H3. The maximum atomic E-state index is 6.00. The SMILES string of the molecule is COCc1cc(Cl)nc(C2(C)CCCCO2)n1. The summed E-state index contributed by atoms with van der Waals surface area (Å²) in [5.74, 6) is 0.664. The van der Waals surface area contributed by atoms with Crippen LogP contribution in [0.25, 0.3) is 0 Å². The zero-order valence-corrected chi connectivity index (χ0v) is 11.0. The van der Waals surface area contributed by atoms with Gasteiger partial charge in [0.25, 0.3) is 0 Å². The van der Waals surface area contributed by atoms with Gasteiger partial charge in [-0.25, -0.2) is 9.97 Å². The molecule has 2 rings (SSSR count). The molecular formula is C12H17ClN2O2. The van der Waals surface area contributed by atoms with Crippen LogP contribution in [0.15, 0.2) is 6.07 Å². The van der Waals surface area contributed by atoms with E-state index in [9.17, 15) is 0 Å². The van der Waals surface area contributed by atoms with Gasteiger partial charge in [0.2, 0.25) is 0 Å². The molecule has 0 bridgehead atoms. The predicted molar refractivity (Wildman–Crippen MR) is 64.9 cm³/mol. The molecule has 0 spiro atoms. The third-order valence-corrected chi connectivity index (χ3v) is 3.18. The van der Waals surface area contributed by atoms with E-state index in [1.165, 1.54) is 0 Å². The lowest BCUT2D eigenvalue weighted by Crippen LogP contribution is -2.32. The second-order valence-electron chi connectivity index (χ2n) is 4.48. The van der Waals surface area contributed by atoms with E-state index in [4.69, 9.17) is 21.1 Å². The van der Waals surface area contributed by atoms with Crippen LogP contribution in [0, 0.1) is 0 Å². The Kier molecular flexibility index (Phi) is 3.97. The Balaban J connectivity index is 2.30. The number of hydrogen-bond acceptors (Lipinski definition) is 4. The highest BCUT2D eigenvalue weighted by atomic mass is 35.5. The Labute approximate surface area is 106 Å². The van der Waals surface area contributed by atoms with Crippen molar-refractivity contribution in [3.63, 3.8) is 0 Å². The fourth-order valence-electron chi connectivity index (χ4n) is 2.03. The van der Waals surface area contributed by atoms with E-state index in [1.54, 1.807) is 13.2 Å². The number of rotatable bonds is 3. The average molecular weight is 257 g/mol. The lowest BCUT2D eigenvalue weighted by Gasteiger charge is -2.32. The van der Waals surface area contributed by atoms with Crippen LogP contribution < -0.4 is 0 Å². The summed E-state index contributed by atoms with van der Waals surface area (Å²) >= 11 is 6.00. The van der Waals surface area contributed by atoms with Gasteiger partial charge in [-0.2, -0.15) is 0 Å². The minimum atomic E-state index is -0.411. The maximum absolute atomic E-state index is 6.00. The lowest BCUT2D eigenvalue weighted by atomic mass is 9.95. The molecule has 1 saturated heterocycles. The molecule has 0 N–H and O–H groups in total. The van der Waals surface area contributed by atoms with Crippen molar-refractivity contribution in [2.24, 2.45) is 0 Å². The fourth-order valence-corrected chi connectivity index (χ4v) is 2.24. The summed E-state index contributed by atoms with van der Waals surface area (Å²) in [4.78, 5) is 8.76. The molecule has 1 aliphatic rings. The van der Waals surface area contributed by atoms with Gasteiger partial charge < -0.3 is 9.47 Å². The number of methoxy groups -OCH3 is 1. The normalized spacial score (nSPS) is 24.9. The molecule has 0 aliphatic carbocycles. The molecule has 1 unspecified atom stereocenters. The number of aromatic nitrogens is 2. The number of hydrogen-bond donors (Lipinski definition) is 0. The van der Waals surface area contributed by atoms with Gasteiger partial charge in [0.15, 0.2) is 5.82 Å². The van der Waals surface area contributed by atoms with Crippen LogP contribution >= 0.6 is 11.6 Å². The van der Waals surface area contributed by atoms with Crippen LogP contribution in [0.5, 0.6) is 0 Å². The van der Waals surface area contributed by atoms with Gasteiger partial charge in [-0.3, -0.25) is 0 Å². The Morgan fingerprint density at radius 3 is 2.94 bits per heavy atom. The Hall–Kier alpha value is -0.710. The van der Waals surface area contributed by atoms with E-state index in [-0.39, 0.29) is 0 Å². The topological polar surface area (TPSA) is 44.2 Å². The first-order chi connectivity index (χ1) is 8.14. The van der Waals surface area contributed by atoms with Crippen molar-refractivity contribution < 1.29 is 9.47 Å². The van der Waals surface area contributed by atoms with Crippen LogP contribution in [0.4, 0.5) is 0 Å². The van der Waals surface area contributed by atoms with Gasteiger partial charge in [0.05, 0.1) is 12.3 Å². The van der Waals surface area contributed by atoms with E-state index >= 15 is 0 Å². The summed E-state index contributed by atoms with van der Waals surface area (Å²) < 4.78 is 10.9. The molecule has 1 atom stereocenters. The smallest absolute Gasteiger partial charge is 0.161 e. The van der Waals surface area contributed by atoms with E-state index < -0.39 is 5.60 Å². The first-order valence-electron chi connectivity index (χ1n) is 5.81. The average Bonchev–Trinajstić information content (AvgIpc) is 2.30. The van der Waals surface area contributed by atoms with E-state index in [0.717, 1.165) is 31.6 Å². The zero-order valence-electron chi connectivity index (χ0n) is 10.2. The van der Waals surface area contributed by atoms with E-state index in [2.05, 4.69) is 9.97 Å². The molecule has 4 nitrogen and oxygen atoms in total. The first-order valence-corrected chi connectivity index (χ1v) is 6.19. The molecule has 1 aromatic heterocycles. The fraction of sp³-hybridized carbons (Fsp3) is 0.667. The van der Waals surface area contributed by atoms with Gasteiger partial charge in [-0.15, -0.1) is 0 Å². The van der Waals surface area contributed by atoms with Crippen molar-refractivity contribution in [3.05, 3.63) is 22.7 Å². The summed E-state index contributed by atoms with van der Waals surface area (Å²) in [6.45, 7) is 3.21. The van der Waals surface area contributed by atoms with Crippen LogP contribution in [-0.4, -0.2) is 23.7 Å². The second-order valence-corrected chi connectivity index (χ2v) is 4.86. The van der Waals surface area contributed by atoms with Crippen molar-refractivity contribution >= 4 is 11.6 Å². The second kappa shape index (κ2) is 5.29. The van der Waals surface area contributed by atoms with Crippen LogP contribution in [0.1, 0.15) is 37.7 Å². The Morgan fingerprint density at radius 1 is 1.47 bits per heavy atom. The minimum Gasteiger partial charge on any atom is -0.378 e. The van der Waals surface area contributed by atoms with Crippen molar-refractivity contribution in [2.45, 2.75) is 38.4 Å². The summed E-state index contributed by atoms with van der Waals surface area (Å²) in [5, 5.41) is 0.442. The largest absolute Gasteiger partial charge is 0.378 e. The summed E-state index contributed by atoms with van der Waals surface area (Å²) in [5.41, 5.74) is 0.379. The molecule has 1 aromatic rings. The third-order valence-electron chi connectivity index (χ3n) is 2.98. The van der Waals surface area contributed by atoms with Gasteiger partial charge in [-0.1, -0.05) is 11.6 Å². The monoisotopic (exact) mass is 256 g/mol. The number of ether oxygens (including phenoxy) is 2. The molecule has 17 heavy (non-hydrogen) atoms. The van der Waals surface area contributed by atoms with Gasteiger partial charge in [0.1, 0.15) is 10.8 Å². The van der Waals surface area contributed by atoms with E-state index in [1.807, 2.05) is 6.92 Å². The lowest BCUT2D eigenvalue weighted by molar-refractivity contribution is -0.0762. The highest BCUT2D eigenvalue weighted by Gasteiger charge is 2.33. The molecule has 1 aliphatic heterocycles. The third kappa shape index (κ3) is 2.94. The molecule has 1 fully saturated rings. The van der Waals surface area contributed by atoms with Crippen LogP contribution in [-0.2, 0) is 21.7 Å². The summed E-state index contributed by atoms with van der Waals surface area (Å²) in [6, 6.07) is 1.72. The van der Waals surface area contributed by atoms with Gasteiger partial charge in [0, 0.05) is 13.7 Å². The zero-order chi connectivity index (χ0) is 12.3. The number of nitrogens with zero attached hydrogens (tertiary/aromatic N) is 2. The van der Waals surface area contributed by atoms with Crippen molar-refractivity contribution in [3.8, 4) is 0 Å². The van der Waals surface area contributed by atoms with Crippen LogP contribution in [0.3, 0.4) is 0 Å². The Morgan fingerprint density at radius 2 is 2.29 bits per heavy atom. The molecule has 0 saturated carbocycles. The first kappa shape index (κ1) is 12.7. The maximum Gasteiger partial charge on any atom is 0.161 e. The predicted octanol–water partition coefficient (Wildman–Crippen LogP) is 2.69. The molecule has 0 aromatic carbocycles. The molecular weight excluding hydrogens is 240 g/mol. The Bertz CT molecular complexity index is 392. The molecule has 0 radical (unpaired) electrons. The van der Waals surface area contributed by atoms with E-state index in [0.29, 0.717) is 17.6 Å². The van der Waals surface area contributed by atoms with Crippen molar-refractivity contribution in [2.75, 3.05) is 13.7 Å². The highest BCUT2D eigenvalue weighted by Crippen LogP contribution is 2.33. The molecule has 0 amide bonds. The summed E-state index contributed by atoms with van der Waals surface area (Å²) in [6.07, 6.45) is 3.16. The van der Waals surface area contributed by atoms with Gasteiger partial charge >= 0.3 is 0 Å². The minimum absolute atomic E-state index is 0.411. The quantitative estimate of drug-likeness (QED) is 0.780. The van der Waals surface area contributed by atoms with Crippen molar-refractivity contribution in [1.29, 1.82) is 0 Å². The molecule has 5 heteroatoms. The number of halogens is 1.